The zero-order valence-corrected chi connectivity index (χ0v) is 12.5. The van der Waals surface area contributed by atoms with Crippen LogP contribution in [0.1, 0.15) is 21.7 Å². The standard InChI is InChI=1S/C16H20N4O/c1-12-11-14(13(2)18-12)16(21)20-9-7-19(8-10-20)15-5-3-4-6-17-15/h3-6,11,18H,7-10H2,1-2H3. The lowest BCUT2D eigenvalue weighted by atomic mass is 10.2. The molecule has 1 fully saturated rings. The van der Waals surface area contributed by atoms with E-state index in [0.29, 0.717) is 0 Å². The molecule has 1 aliphatic rings. The first kappa shape index (κ1) is 13.7. The van der Waals surface area contributed by atoms with Gasteiger partial charge in [0, 0.05) is 43.8 Å². The highest BCUT2D eigenvalue weighted by Crippen LogP contribution is 2.16. The molecule has 0 bridgehead atoms. The first-order valence-electron chi connectivity index (χ1n) is 7.26. The van der Waals surface area contributed by atoms with E-state index in [1.165, 1.54) is 0 Å². The number of aromatic amines is 1. The summed E-state index contributed by atoms with van der Waals surface area (Å²) in [5, 5.41) is 0. The van der Waals surface area contributed by atoms with E-state index in [9.17, 15) is 4.79 Å². The minimum Gasteiger partial charge on any atom is -0.362 e. The molecule has 0 unspecified atom stereocenters. The number of rotatable bonds is 2. The summed E-state index contributed by atoms with van der Waals surface area (Å²) < 4.78 is 0. The third kappa shape index (κ3) is 2.77. The first-order chi connectivity index (χ1) is 10.1. The maximum atomic E-state index is 12.5. The molecular formula is C16H20N4O. The Hall–Kier alpha value is -2.30. The molecule has 1 aliphatic heterocycles. The second-order valence-corrected chi connectivity index (χ2v) is 5.46. The Morgan fingerprint density at radius 2 is 1.95 bits per heavy atom. The van der Waals surface area contributed by atoms with E-state index in [-0.39, 0.29) is 5.91 Å². The van der Waals surface area contributed by atoms with Crippen molar-refractivity contribution in [3.8, 4) is 0 Å². The van der Waals surface area contributed by atoms with Gasteiger partial charge >= 0.3 is 0 Å². The average Bonchev–Trinajstić information content (AvgIpc) is 2.86. The third-order valence-electron chi connectivity index (χ3n) is 3.92. The van der Waals surface area contributed by atoms with E-state index in [1.807, 2.05) is 43.0 Å². The predicted octanol–water partition coefficient (Wildman–Crippen LogP) is 1.99. The van der Waals surface area contributed by atoms with Crippen molar-refractivity contribution in [2.45, 2.75) is 13.8 Å². The van der Waals surface area contributed by atoms with Crippen LogP contribution in [0.5, 0.6) is 0 Å². The van der Waals surface area contributed by atoms with Gasteiger partial charge in [-0.2, -0.15) is 0 Å². The summed E-state index contributed by atoms with van der Waals surface area (Å²) in [5.74, 6) is 1.11. The zero-order valence-electron chi connectivity index (χ0n) is 12.5. The Morgan fingerprint density at radius 1 is 1.19 bits per heavy atom. The quantitative estimate of drug-likeness (QED) is 0.917. The van der Waals surface area contributed by atoms with Crippen molar-refractivity contribution < 1.29 is 4.79 Å². The van der Waals surface area contributed by atoms with Crippen molar-refractivity contribution in [1.29, 1.82) is 0 Å². The average molecular weight is 284 g/mol. The highest BCUT2D eigenvalue weighted by atomic mass is 16.2. The van der Waals surface area contributed by atoms with Gasteiger partial charge in [-0.05, 0) is 32.0 Å². The second-order valence-electron chi connectivity index (χ2n) is 5.46. The van der Waals surface area contributed by atoms with Crippen LogP contribution in [0, 0.1) is 13.8 Å². The molecule has 3 rings (SSSR count). The molecule has 110 valence electrons. The number of pyridine rings is 1. The number of aromatic nitrogens is 2. The fraction of sp³-hybridized carbons (Fsp3) is 0.375. The van der Waals surface area contributed by atoms with Crippen LogP contribution >= 0.6 is 0 Å². The minimum atomic E-state index is 0.123. The van der Waals surface area contributed by atoms with Crippen molar-refractivity contribution in [2.75, 3.05) is 31.1 Å². The molecule has 5 heteroatoms. The zero-order chi connectivity index (χ0) is 14.8. The monoisotopic (exact) mass is 284 g/mol. The molecule has 0 saturated carbocycles. The van der Waals surface area contributed by atoms with Gasteiger partial charge in [-0.3, -0.25) is 4.79 Å². The van der Waals surface area contributed by atoms with Crippen LogP contribution in [0.25, 0.3) is 0 Å². The van der Waals surface area contributed by atoms with Crippen LogP contribution in [0.4, 0.5) is 5.82 Å². The summed E-state index contributed by atoms with van der Waals surface area (Å²) in [6.07, 6.45) is 1.80. The van der Waals surface area contributed by atoms with Crippen LogP contribution in [0.3, 0.4) is 0 Å². The summed E-state index contributed by atoms with van der Waals surface area (Å²) in [6.45, 7) is 7.04. The van der Waals surface area contributed by atoms with E-state index in [0.717, 1.165) is 48.9 Å². The lowest BCUT2D eigenvalue weighted by Crippen LogP contribution is -2.49. The maximum Gasteiger partial charge on any atom is 0.255 e. The predicted molar refractivity (Wildman–Crippen MR) is 82.6 cm³/mol. The van der Waals surface area contributed by atoms with Crippen molar-refractivity contribution in [3.63, 3.8) is 0 Å². The molecule has 5 nitrogen and oxygen atoms in total. The first-order valence-corrected chi connectivity index (χ1v) is 7.26. The van der Waals surface area contributed by atoms with Gasteiger partial charge in [-0.15, -0.1) is 0 Å². The number of amides is 1. The van der Waals surface area contributed by atoms with Crippen molar-refractivity contribution in [3.05, 3.63) is 47.4 Å². The van der Waals surface area contributed by atoms with E-state index < -0.39 is 0 Å². The Kier molecular flexibility index (Phi) is 3.64. The Labute approximate surface area is 124 Å². The molecule has 1 amide bonds. The molecular weight excluding hydrogens is 264 g/mol. The Balaban J connectivity index is 1.66. The number of nitrogens with one attached hydrogen (secondary N) is 1. The normalized spacial score (nSPS) is 15.3. The molecule has 21 heavy (non-hydrogen) atoms. The number of hydrogen-bond donors (Lipinski definition) is 1. The molecule has 0 radical (unpaired) electrons. The fourth-order valence-electron chi connectivity index (χ4n) is 2.80. The number of H-pyrrole nitrogens is 1. The highest BCUT2D eigenvalue weighted by molar-refractivity contribution is 5.95. The van der Waals surface area contributed by atoms with E-state index in [4.69, 9.17) is 0 Å². The van der Waals surface area contributed by atoms with Gasteiger partial charge in [-0.25, -0.2) is 4.98 Å². The van der Waals surface area contributed by atoms with Crippen LogP contribution in [0.2, 0.25) is 0 Å². The van der Waals surface area contributed by atoms with E-state index in [2.05, 4.69) is 14.9 Å². The summed E-state index contributed by atoms with van der Waals surface area (Å²) in [5.41, 5.74) is 2.77. The third-order valence-corrected chi connectivity index (χ3v) is 3.92. The van der Waals surface area contributed by atoms with Gasteiger partial charge in [-0.1, -0.05) is 6.07 Å². The van der Waals surface area contributed by atoms with Gasteiger partial charge in [0.2, 0.25) is 0 Å². The molecule has 2 aromatic rings. The number of anilines is 1. The number of aryl methyl sites for hydroxylation is 2. The molecule has 3 heterocycles. The molecule has 0 aromatic carbocycles. The topological polar surface area (TPSA) is 52.2 Å². The summed E-state index contributed by atoms with van der Waals surface area (Å²) in [7, 11) is 0. The van der Waals surface area contributed by atoms with Gasteiger partial charge in [0.25, 0.3) is 5.91 Å². The van der Waals surface area contributed by atoms with Gasteiger partial charge < -0.3 is 14.8 Å². The molecule has 1 saturated heterocycles. The van der Waals surface area contributed by atoms with Crippen molar-refractivity contribution in [1.82, 2.24) is 14.9 Å². The minimum absolute atomic E-state index is 0.123. The molecule has 0 spiro atoms. The van der Waals surface area contributed by atoms with Crippen molar-refractivity contribution >= 4 is 11.7 Å². The maximum absolute atomic E-state index is 12.5. The fourth-order valence-corrected chi connectivity index (χ4v) is 2.80. The lowest BCUT2D eigenvalue weighted by molar-refractivity contribution is 0.0746. The van der Waals surface area contributed by atoms with Crippen LogP contribution in [0.15, 0.2) is 30.5 Å². The summed E-state index contributed by atoms with van der Waals surface area (Å²) in [4.78, 5) is 24.3. The van der Waals surface area contributed by atoms with E-state index in [1.54, 1.807) is 6.20 Å². The Morgan fingerprint density at radius 3 is 2.52 bits per heavy atom. The van der Waals surface area contributed by atoms with Crippen LogP contribution < -0.4 is 4.90 Å². The van der Waals surface area contributed by atoms with Gasteiger partial charge in [0.1, 0.15) is 5.82 Å². The summed E-state index contributed by atoms with van der Waals surface area (Å²) in [6, 6.07) is 7.85. The largest absolute Gasteiger partial charge is 0.362 e. The van der Waals surface area contributed by atoms with Crippen molar-refractivity contribution in [2.24, 2.45) is 0 Å². The van der Waals surface area contributed by atoms with Gasteiger partial charge in [0.05, 0.1) is 5.56 Å². The molecule has 0 aliphatic carbocycles. The lowest BCUT2D eigenvalue weighted by Gasteiger charge is -2.35. The number of carbonyl (C=O) groups is 1. The second kappa shape index (κ2) is 5.60. The number of piperazine rings is 1. The number of carbonyl (C=O) groups excluding carboxylic acids is 1. The van der Waals surface area contributed by atoms with Crippen LogP contribution in [-0.4, -0.2) is 47.0 Å². The van der Waals surface area contributed by atoms with Crippen LogP contribution in [-0.2, 0) is 0 Å². The smallest absolute Gasteiger partial charge is 0.255 e. The summed E-state index contributed by atoms with van der Waals surface area (Å²) >= 11 is 0. The molecule has 0 atom stereocenters. The Bertz CT molecular complexity index is 627. The van der Waals surface area contributed by atoms with E-state index >= 15 is 0 Å². The number of hydrogen-bond acceptors (Lipinski definition) is 3. The molecule has 2 aromatic heterocycles. The molecule has 1 N–H and O–H groups in total. The van der Waals surface area contributed by atoms with Gasteiger partial charge in [0.15, 0.2) is 0 Å². The highest BCUT2D eigenvalue weighted by Gasteiger charge is 2.24. The SMILES string of the molecule is Cc1cc(C(=O)N2CCN(c3ccccn3)CC2)c(C)[nH]1. The number of nitrogens with zero attached hydrogens (tertiary/aromatic N) is 3.